The highest BCUT2D eigenvalue weighted by molar-refractivity contribution is 5.83. The van der Waals surface area contributed by atoms with Crippen molar-refractivity contribution in [1.29, 1.82) is 5.26 Å². The number of rotatable bonds is 3. The molecule has 0 radical (unpaired) electrons. The molecule has 1 heterocycles. The molecule has 2 N–H and O–H groups in total. The van der Waals surface area contributed by atoms with Crippen LogP contribution in [0.1, 0.15) is 37.5 Å². The van der Waals surface area contributed by atoms with Crippen LogP contribution in [0.15, 0.2) is 18.2 Å². The van der Waals surface area contributed by atoms with Crippen molar-refractivity contribution in [1.82, 2.24) is 5.32 Å². The number of amides is 1. The summed E-state index contributed by atoms with van der Waals surface area (Å²) in [4.78, 5) is 14.1. The largest absolute Gasteiger partial charge is 0.389 e. The Morgan fingerprint density at radius 3 is 2.86 bits per heavy atom. The van der Waals surface area contributed by atoms with Gasteiger partial charge in [-0.15, -0.1) is 0 Å². The molecule has 1 aliphatic rings. The standard InChI is InChI=1S/C16H21N3O2/c1-11(20)13-5-4-12(9-17)8-14(13)19-7-6-16(2,10-19)15(21)18-3/h4-5,8,11,20H,6-7,10H2,1-3H3,(H,18,21)/t11-,16?/m0/s1. The highest BCUT2D eigenvalue weighted by atomic mass is 16.3. The Morgan fingerprint density at radius 1 is 1.57 bits per heavy atom. The van der Waals surface area contributed by atoms with Crippen molar-refractivity contribution in [2.24, 2.45) is 5.41 Å². The van der Waals surface area contributed by atoms with Gasteiger partial charge in [0.25, 0.3) is 0 Å². The van der Waals surface area contributed by atoms with E-state index in [0.29, 0.717) is 12.1 Å². The first-order valence-corrected chi connectivity index (χ1v) is 7.10. The molecule has 112 valence electrons. The average Bonchev–Trinajstić information content (AvgIpc) is 2.89. The lowest BCUT2D eigenvalue weighted by atomic mass is 9.89. The fourth-order valence-corrected chi connectivity index (χ4v) is 2.89. The van der Waals surface area contributed by atoms with Gasteiger partial charge in [-0.05, 0) is 32.4 Å². The Bertz CT molecular complexity index is 592. The van der Waals surface area contributed by atoms with Gasteiger partial charge < -0.3 is 15.3 Å². The fourth-order valence-electron chi connectivity index (χ4n) is 2.89. The molecule has 1 unspecified atom stereocenters. The van der Waals surface area contributed by atoms with Gasteiger partial charge in [0, 0.05) is 31.4 Å². The summed E-state index contributed by atoms with van der Waals surface area (Å²) in [6.07, 6.45) is 0.141. The molecule has 1 aliphatic heterocycles. The lowest BCUT2D eigenvalue weighted by Gasteiger charge is -2.26. The van der Waals surface area contributed by atoms with E-state index >= 15 is 0 Å². The van der Waals surface area contributed by atoms with Crippen molar-refractivity contribution in [3.05, 3.63) is 29.3 Å². The van der Waals surface area contributed by atoms with E-state index in [1.807, 2.05) is 6.92 Å². The molecule has 1 aromatic rings. The predicted molar refractivity (Wildman–Crippen MR) is 80.8 cm³/mol. The van der Waals surface area contributed by atoms with Crippen LogP contribution in [-0.2, 0) is 4.79 Å². The molecule has 0 aromatic heterocycles. The second kappa shape index (κ2) is 5.74. The first-order chi connectivity index (χ1) is 9.91. The number of aliphatic hydroxyl groups excluding tert-OH is 1. The second-order valence-corrected chi connectivity index (χ2v) is 5.87. The van der Waals surface area contributed by atoms with Crippen LogP contribution in [-0.4, -0.2) is 31.2 Å². The van der Waals surface area contributed by atoms with Gasteiger partial charge in [-0.1, -0.05) is 6.07 Å². The molecule has 1 fully saturated rings. The number of anilines is 1. The fraction of sp³-hybridized carbons (Fsp3) is 0.500. The zero-order valence-electron chi connectivity index (χ0n) is 12.7. The lowest BCUT2D eigenvalue weighted by Crippen LogP contribution is -2.39. The molecule has 0 bridgehead atoms. The maximum atomic E-state index is 12.0. The maximum absolute atomic E-state index is 12.0. The van der Waals surface area contributed by atoms with Crippen LogP contribution in [0.2, 0.25) is 0 Å². The Balaban J connectivity index is 2.35. The number of benzene rings is 1. The highest BCUT2D eigenvalue weighted by Gasteiger charge is 2.40. The van der Waals surface area contributed by atoms with Crippen LogP contribution in [0.3, 0.4) is 0 Å². The summed E-state index contributed by atoms with van der Waals surface area (Å²) in [7, 11) is 1.65. The Morgan fingerprint density at radius 2 is 2.29 bits per heavy atom. The SMILES string of the molecule is CNC(=O)C1(C)CCN(c2cc(C#N)ccc2[C@H](C)O)C1. The van der Waals surface area contributed by atoms with E-state index in [2.05, 4.69) is 16.3 Å². The molecule has 0 spiro atoms. The molecular formula is C16H21N3O2. The summed E-state index contributed by atoms with van der Waals surface area (Å²) in [6, 6.07) is 7.41. The van der Waals surface area contributed by atoms with E-state index in [-0.39, 0.29) is 5.91 Å². The molecule has 1 aromatic carbocycles. The summed E-state index contributed by atoms with van der Waals surface area (Å²) in [5, 5.41) is 21.7. The Hall–Kier alpha value is -2.06. The van der Waals surface area contributed by atoms with Crippen molar-refractivity contribution in [2.75, 3.05) is 25.0 Å². The third-order valence-electron chi connectivity index (χ3n) is 4.20. The molecule has 21 heavy (non-hydrogen) atoms. The second-order valence-electron chi connectivity index (χ2n) is 5.87. The summed E-state index contributed by atoms with van der Waals surface area (Å²) in [5.74, 6) is 0.0278. The summed E-state index contributed by atoms with van der Waals surface area (Å²) in [5.41, 5.74) is 1.75. The van der Waals surface area contributed by atoms with E-state index in [1.165, 1.54) is 0 Å². The first-order valence-electron chi connectivity index (χ1n) is 7.10. The minimum Gasteiger partial charge on any atom is -0.389 e. The molecule has 0 saturated carbocycles. The van der Waals surface area contributed by atoms with Crippen molar-refractivity contribution in [2.45, 2.75) is 26.4 Å². The van der Waals surface area contributed by atoms with Crippen molar-refractivity contribution < 1.29 is 9.90 Å². The third kappa shape index (κ3) is 2.86. The summed E-state index contributed by atoms with van der Waals surface area (Å²) < 4.78 is 0. The van der Waals surface area contributed by atoms with Gasteiger partial charge in [0.2, 0.25) is 5.91 Å². The highest BCUT2D eigenvalue weighted by Crippen LogP contribution is 2.36. The normalized spacial score (nSPS) is 22.7. The van der Waals surface area contributed by atoms with E-state index in [9.17, 15) is 9.90 Å². The van der Waals surface area contributed by atoms with Crippen molar-refractivity contribution >= 4 is 11.6 Å². The molecule has 2 rings (SSSR count). The lowest BCUT2D eigenvalue weighted by molar-refractivity contribution is -0.128. The molecular weight excluding hydrogens is 266 g/mol. The van der Waals surface area contributed by atoms with Gasteiger partial charge in [-0.25, -0.2) is 0 Å². The molecule has 2 atom stereocenters. The third-order valence-corrected chi connectivity index (χ3v) is 4.20. The Labute approximate surface area is 125 Å². The minimum atomic E-state index is -0.611. The monoisotopic (exact) mass is 287 g/mol. The maximum Gasteiger partial charge on any atom is 0.227 e. The molecule has 5 nitrogen and oxygen atoms in total. The summed E-state index contributed by atoms with van der Waals surface area (Å²) in [6.45, 7) is 4.97. The Kier molecular flexibility index (Phi) is 4.19. The molecule has 1 saturated heterocycles. The van der Waals surface area contributed by atoms with Crippen LogP contribution >= 0.6 is 0 Å². The van der Waals surface area contributed by atoms with Crippen LogP contribution in [0.5, 0.6) is 0 Å². The van der Waals surface area contributed by atoms with E-state index in [0.717, 1.165) is 24.2 Å². The number of hydrogen-bond acceptors (Lipinski definition) is 4. The molecule has 1 amide bonds. The number of aliphatic hydroxyl groups is 1. The quantitative estimate of drug-likeness (QED) is 0.885. The summed E-state index contributed by atoms with van der Waals surface area (Å²) >= 11 is 0. The van der Waals surface area contributed by atoms with Crippen molar-refractivity contribution in [3.8, 4) is 6.07 Å². The topological polar surface area (TPSA) is 76.4 Å². The minimum absolute atomic E-state index is 0.0278. The van der Waals surface area contributed by atoms with Crippen LogP contribution in [0.4, 0.5) is 5.69 Å². The molecule has 5 heteroatoms. The van der Waals surface area contributed by atoms with Gasteiger partial charge in [-0.3, -0.25) is 4.79 Å². The zero-order valence-corrected chi connectivity index (χ0v) is 12.7. The van der Waals surface area contributed by atoms with Crippen LogP contribution in [0.25, 0.3) is 0 Å². The average molecular weight is 287 g/mol. The van der Waals surface area contributed by atoms with E-state index in [1.54, 1.807) is 32.2 Å². The number of nitriles is 1. The smallest absolute Gasteiger partial charge is 0.227 e. The number of carbonyl (C=O) groups is 1. The van der Waals surface area contributed by atoms with E-state index < -0.39 is 11.5 Å². The van der Waals surface area contributed by atoms with E-state index in [4.69, 9.17) is 5.26 Å². The van der Waals surface area contributed by atoms with Gasteiger partial charge >= 0.3 is 0 Å². The van der Waals surface area contributed by atoms with Crippen molar-refractivity contribution in [3.63, 3.8) is 0 Å². The first kappa shape index (κ1) is 15.3. The van der Waals surface area contributed by atoms with Gasteiger partial charge in [0.1, 0.15) is 0 Å². The van der Waals surface area contributed by atoms with Gasteiger partial charge in [0.15, 0.2) is 0 Å². The molecule has 0 aliphatic carbocycles. The number of nitrogens with zero attached hydrogens (tertiary/aromatic N) is 2. The number of nitrogens with one attached hydrogen (secondary N) is 1. The number of carbonyl (C=O) groups excluding carboxylic acids is 1. The van der Waals surface area contributed by atoms with Gasteiger partial charge in [0.05, 0.1) is 23.2 Å². The van der Waals surface area contributed by atoms with Crippen LogP contribution < -0.4 is 10.2 Å². The van der Waals surface area contributed by atoms with Crippen LogP contribution in [0, 0.1) is 16.7 Å². The zero-order chi connectivity index (χ0) is 15.6. The van der Waals surface area contributed by atoms with Gasteiger partial charge in [-0.2, -0.15) is 5.26 Å². The number of hydrogen-bond donors (Lipinski definition) is 2. The predicted octanol–water partition coefficient (Wildman–Crippen LogP) is 1.57.